The van der Waals surface area contributed by atoms with Crippen molar-refractivity contribution < 1.29 is 32.7 Å². The predicted octanol–water partition coefficient (Wildman–Crippen LogP) is 2.86. The monoisotopic (exact) mass is 516 g/mol. The van der Waals surface area contributed by atoms with Crippen LogP contribution in [0.3, 0.4) is 0 Å². The summed E-state index contributed by atoms with van der Waals surface area (Å²) in [6.45, 7) is 2.96. The molecule has 1 aromatic carbocycles. The summed E-state index contributed by atoms with van der Waals surface area (Å²) in [5.41, 5.74) is 6.85. The summed E-state index contributed by atoms with van der Waals surface area (Å²) >= 11 is 0. The zero-order valence-corrected chi connectivity index (χ0v) is 21.0. The van der Waals surface area contributed by atoms with E-state index in [2.05, 4.69) is 10.6 Å². The molecule has 0 bridgehead atoms. The molecular weight excluding hydrogens is 477 g/mol. The van der Waals surface area contributed by atoms with Crippen LogP contribution in [-0.2, 0) is 20.8 Å². The Balaban J connectivity index is 0.000000809. The molecule has 0 saturated heterocycles. The van der Waals surface area contributed by atoms with Crippen LogP contribution in [0.15, 0.2) is 30.3 Å². The molecule has 2 atom stereocenters. The maximum atomic E-state index is 13.0. The molecule has 2 unspecified atom stereocenters. The van der Waals surface area contributed by atoms with E-state index < -0.39 is 18.2 Å². The van der Waals surface area contributed by atoms with E-state index in [0.29, 0.717) is 32.0 Å². The maximum absolute atomic E-state index is 13.0. The van der Waals surface area contributed by atoms with Crippen LogP contribution in [0.2, 0.25) is 0 Å². The first-order chi connectivity index (χ1) is 17.0. The van der Waals surface area contributed by atoms with Crippen molar-refractivity contribution in [2.45, 2.75) is 82.6 Å². The van der Waals surface area contributed by atoms with Crippen molar-refractivity contribution in [2.75, 3.05) is 20.1 Å². The van der Waals surface area contributed by atoms with Gasteiger partial charge in [-0.05, 0) is 51.1 Å². The molecule has 8 nitrogen and oxygen atoms in total. The van der Waals surface area contributed by atoms with Crippen molar-refractivity contribution in [3.63, 3.8) is 0 Å². The van der Waals surface area contributed by atoms with Crippen LogP contribution >= 0.6 is 0 Å². The molecule has 2 amide bonds. The summed E-state index contributed by atoms with van der Waals surface area (Å²) in [6.07, 6.45) is 2.94. The molecule has 1 fully saturated rings. The molecule has 2 rings (SSSR count). The van der Waals surface area contributed by atoms with Crippen LogP contribution in [0.4, 0.5) is 13.2 Å². The van der Waals surface area contributed by atoms with Crippen LogP contribution < -0.4 is 16.4 Å². The van der Waals surface area contributed by atoms with Crippen molar-refractivity contribution in [1.82, 2.24) is 15.5 Å². The number of amides is 2. The predicted molar refractivity (Wildman–Crippen MR) is 131 cm³/mol. The molecule has 36 heavy (non-hydrogen) atoms. The van der Waals surface area contributed by atoms with Crippen molar-refractivity contribution >= 4 is 17.8 Å². The smallest absolute Gasteiger partial charge is 0.475 e. The van der Waals surface area contributed by atoms with Gasteiger partial charge in [-0.25, -0.2) is 4.79 Å². The fourth-order valence-corrected chi connectivity index (χ4v) is 4.06. The second kappa shape index (κ2) is 16.2. The van der Waals surface area contributed by atoms with Gasteiger partial charge in [0.05, 0.1) is 6.04 Å². The Hall–Kier alpha value is -2.66. The molecule has 11 heteroatoms. The molecule has 0 heterocycles. The van der Waals surface area contributed by atoms with Gasteiger partial charge in [0.2, 0.25) is 11.8 Å². The Labute approximate surface area is 210 Å². The Morgan fingerprint density at radius 1 is 1.14 bits per heavy atom. The summed E-state index contributed by atoms with van der Waals surface area (Å²) in [4.78, 5) is 36.3. The van der Waals surface area contributed by atoms with Crippen LogP contribution in [0.5, 0.6) is 0 Å². The zero-order chi connectivity index (χ0) is 27.1. The van der Waals surface area contributed by atoms with Gasteiger partial charge in [-0.2, -0.15) is 13.2 Å². The summed E-state index contributed by atoms with van der Waals surface area (Å²) in [7, 11) is 1.74. The molecule has 0 radical (unpaired) electrons. The number of rotatable bonds is 11. The van der Waals surface area contributed by atoms with Crippen LogP contribution in [0.25, 0.3) is 0 Å². The van der Waals surface area contributed by atoms with E-state index in [1.54, 1.807) is 11.9 Å². The van der Waals surface area contributed by atoms with Crippen molar-refractivity contribution in [3.05, 3.63) is 35.9 Å². The molecule has 1 saturated carbocycles. The highest BCUT2D eigenvalue weighted by Gasteiger charge is 2.38. The first-order valence-corrected chi connectivity index (χ1v) is 12.3. The Morgan fingerprint density at radius 2 is 1.72 bits per heavy atom. The number of hydrogen-bond donors (Lipinski definition) is 4. The number of carbonyl (C=O) groups is 3. The molecule has 0 aromatic heterocycles. The third-order valence-electron chi connectivity index (χ3n) is 6.06. The third-order valence-corrected chi connectivity index (χ3v) is 6.06. The van der Waals surface area contributed by atoms with E-state index in [9.17, 15) is 22.8 Å². The van der Waals surface area contributed by atoms with Crippen molar-refractivity contribution in [1.29, 1.82) is 0 Å². The number of benzene rings is 1. The van der Waals surface area contributed by atoms with E-state index in [0.717, 1.165) is 19.3 Å². The first kappa shape index (κ1) is 31.4. The number of aliphatic carboxylic acids is 1. The van der Waals surface area contributed by atoms with Crippen LogP contribution in [0, 0.1) is 0 Å². The highest BCUT2D eigenvalue weighted by molar-refractivity contribution is 5.89. The lowest BCUT2D eigenvalue weighted by atomic mass is 9.95. The van der Waals surface area contributed by atoms with Gasteiger partial charge >= 0.3 is 12.1 Å². The minimum absolute atomic E-state index is 0.0317. The molecule has 0 aliphatic heterocycles. The summed E-state index contributed by atoms with van der Waals surface area (Å²) < 4.78 is 31.7. The topological polar surface area (TPSA) is 125 Å². The van der Waals surface area contributed by atoms with Gasteiger partial charge in [-0.3, -0.25) is 9.59 Å². The van der Waals surface area contributed by atoms with Crippen LogP contribution in [-0.4, -0.2) is 72.2 Å². The van der Waals surface area contributed by atoms with E-state index in [-0.39, 0.29) is 17.9 Å². The van der Waals surface area contributed by atoms with Crippen LogP contribution in [0.1, 0.15) is 57.4 Å². The van der Waals surface area contributed by atoms with Gasteiger partial charge in [0, 0.05) is 19.6 Å². The van der Waals surface area contributed by atoms with Crippen molar-refractivity contribution in [2.24, 2.45) is 5.73 Å². The summed E-state index contributed by atoms with van der Waals surface area (Å²) in [6, 6.07) is 9.69. The molecule has 5 N–H and O–H groups in total. The van der Waals surface area contributed by atoms with E-state index in [1.165, 1.54) is 24.8 Å². The Morgan fingerprint density at radius 3 is 2.25 bits per heavy atom. The van der Waals surface area contributed by atoms with Gasteiger partial charge in [0.1, 0.15) is 6.04 Å². The van der Waals surface area contributed by atoms with Gasteiger partial charge in [-0.1, -0.05) is 49.6 Å². The number of carbonyl (C=O) groups excluding carboxylic acids is 2. The Kier molecular flexibility index (Phi) is 14.1. The highest BCUT2D eigenvalue weighted by Crippen LogP contribution is 2.18. The summed E-state index contributed by atoms with van der Waals surface area (Å²) in [5.74, 6) is -2.89. The summed E-state index contributed by atoms with van der Waals surface area (Å²) in [5, 5.41) is 13.6. The number of carboxylic acid groups (broad SMARTS) is 1. The van der Waals surface area contributed by atoms with Gasteiger partial charge < -0.3 is 26.4 Å². The van der Waals surface area contributed by atoms with Gasteiger partial charge in [-0.15, -0.1) is 0 Å². The largest absolute Gasteiger partial charge is 0.490 e. The molecule has 1 aliphatic carbocycles. The number of nitrogens with two attached hydrogens (primary N) is 1. The standard InChI is InChI=1S/C23H38N4O2.C2HF3O2/c1-18(26-20-12-7-4-8-13-20)23(29)27(2)21(14-9-16-24)22(28)25-17-15-19-10-5-3-6-11-19;3-2(4,5)1(6)7/h3,5-6,10-11,18,20-21,26H,4,7-9,12-17,24H2,1-2H3,(H,25,28);(H,6,7). The third kappa shape index (κ3) is 11.9. The van der Waals surface area contributed by atoms with Gasteiger partial charge in [0.25, 0.3) is 0 Å². The van der Waals surface area contributed by atoms with Gasteiger partial charge in [0.15, 0.2) is 0 Å². The van der Waals surface area contributed by atoms with E-state index in [4.69, 9.17) is 15.6 Å². The number of likely N-dealkylation sites (N-methyl/N-ethyl adjacent to an activating group) is 1. The lowest BCUT2D eigenvalue weighted by molar-refractivity contribution is -0.192. The molecule has 0 spiro atoms. The zero-order valence-electron chi connectivity index (χ0n) is 21.0. The van der Waals surface area contributed by atoms with E-state index >= 15 is 0 Å². The fraction of sp³-hybridized carbons (Fsp3) is 0.640. The second-order valence-corrected chi connectivity index (χ2v) is 8.95. The average molecular weight is 517 g/mol. The van der Waals surface area contributed by atoms with E-state index in [1.807, 2.05) is 37.3 Å². The molecular formula is C25H39F3N4O4. The molecule has 1 aromatic rings. The number of nitrogens with one attached hydrogen (secondary N) is 2. The lowest BCUT2D eigenvalue weighted by Crippen LogP contribution is -2.54. The maximum Gasteiger partial charge on any atom is 0.490 e. The Bertz CT molecular complexity index is 802. The normalized spacial score (nSPS) is 15.7. The highest BCUT2D eigenvalue weighted by atomic mass is 19.4. The number of hydrogen-bond acceptors (Lipinski definition) is 5. The van der Waals surface area contributed by atoms with Crippen molar-refractivity contribution in [3.8, 4) is 0 Å². The quantitative estimate of drug-likeness (QED) is 0.359. The number of halogens is 3. The SMILES string of the molecule is CC(NC1CCCCC1)C(=O)N(C)C(CCCN)C(=O)NCCc1ccccc1.O=C(O)C(F)(F)F. The first-order valence-electron chi connectivity index (χ1n) is 12.3. The number of carboxylic acids is 1. The molecule has 1 aliphatic rings. The lowest BCUT2D eigenvalue weighted by Gasteiger charge is -2.32. The average Bonchev–Trinajstić information content (AvgIpc) is 2.84. The minimum atomic E-state index is -5.08. The molecule has 204 valence electrons. The number of alkyl halides is 3. The minimum Gasteiger partial charge on any atom is -0.475 e. The fourth-order valence-electron chi connectivity index (χ4n) is 4.06. The second-order valence-electron chi connectivity index (χ2n) is 8.95. The number of nitrogens with zero attached hydrogens (tertiary/aromatic N) is 1.